The Bertz CT molecular complexity index is 807. The monoisotopic (exact) mass is 437 g/mol. The number of carbonyl (C=O) groups excluding carboxylic acids is 4. The molecule has 9 heteroatoms. The highest BCUT2D eigenvalue weighted by Gasteiger charge is 2.38. The lowest BCUT2D eigenvalue weighted by atomic mass is 9.86. The van der Waals surface area contributed by atoms with E-state index in [9.17, 15) is 19.2 Å². The van der Waals surface area contributed by atoms with Gasteiger partial charge in [0.1, 0.15) is 11.6 Å². The van der Waals surface area contributed by atoms with E-state index in [-0.39, 0.29) is 43.6 Å². The van der Waals surface area contributed by atoms with Gasteiger partial charge in [-0.2, -0.15) is 0 Å². The summed E-state index contributed by atoms with van der Waals surface area (Å²) < 4.78 is 20.6. The fraction of sp³-hybridized carbons (Fsp3) is 0.545. The average molecular weight is 437 g/mol. The quantitative estimate of drug-likeness (QED) is 0.409. The Morgan fingerprint density at radius 1 is 0.935 bits per heavy atom. The largest absolute Gasteiger partial charge is 0.468 e. The lowest BCUT2D eigenvalue weighted by Gasteiger charge is -2.29. The Labute approximate surface area is 182 Å². The number of benzene rings is 1. The molecule has 1 rings (SSSR count). The molecule has 0 amide bonds. The molecular weight excluding hydrogens is 406 g/mol. The Morgan fingerprint density at radius 2 is 1.48 bits per heavy atom. The van der Waals surface area contributed by atoms with E-state index in [4.69, 9.17) is 24.7 Å². The van der Waals surface area contributed by atoms with Gasteiger partial charge < -0.3 is 24.7 Å². The Hall–Kier alpha value is -2.94. The van der Waals surface area contributed by atoms with Crippen LogP contribution in [-0.2, 0) is 35.1 Å². The standard InChI is InChI=1S/C22H31NO8/c1-6-18(24)29-14(4)12-22(23,21(27)28-5)13-15-9-10-16(30-19(25)7-2)17(11-15)31-20(26)8-3/h9-11,14H,6-8,12-13,23H2,1-5H3/t14?,22-/m1/s1. The Kier molecular flexibility index (Phi) is 10.1. The minimum absolute atomic E-state index is 0.00632. The summed E-state index contributed by atoms with van der Waals surface area (Å²) in [6, 6.07) is 4.56. The van der Waals surface area contributed by atoms with E-state index < -0.39 is 35.5 Å². The zero-order valence-corrected chi connectivity index (χ0v) is 18.7. The van der Waals surface area contributed by atoms with Crippen molar-refractivity contribution in [2.24, 2.45) is 5.73 Å². The highest BCUT2D eigenvalue weighted by molar-refractivity contribution is 5.81. The zero-order valence-electron chi connectivity index (χ0n) is 18.7. The van der Waals surface area contributed by atoms with Crippen molar-refractivity contribution in [1.82, 2.24) is 0 Å². The van der Waals surface area contributed by atoms with Crippen LogP contribution < -0.4 is 15.2 Å². The van der Waals surface area contributed by atoms with Crippen LogP contribution in [0.2, 0.25) is 0 Å². The number of hydrogen-bond acceptors (Lipinski definition) is 9. The molecule has 0 saturated carbocycles. The molecule has 0 bridgehead atoms. The van der Waals surface area contributed by atoms with Gasteiger partial charge in [0.2, 0.25) is 0 Å². The second-order valence-electron chi connectivity index (χ2n) is 7.12. The first-order valence-electron chi connectivity index (χ1n) is 10.2. The molecule has 2 N–H and O–H groups in total. The lowest BCUT2D eigenvalue weighted by Crippen LogP contribution is -2.53. The van der Waals surface area contributed by atoms with E-state index in [1.54, 1.807) is 33.8 Å². The number of carbonyl (C=O) groups is 4. The molecule has 1 aromatic carbocycles. The van der Waals surface area contributed by atoms with Crippen molar-refractivity contribution >= 4 is 23.9 Å². The van der Waals surface area contributed by atoms with E-state index in [1.165, 1.54) is 19.2 Å². The van der Waals surface area contributed by atoms with Gasteiger partial charge in [-0.3, -0.25) is 19.2 Å². The molecule has 0 radical (unpaired) electrons. The van der Waals surface area contributed by atoms with Crippen molar-refractivity contribution in [3.63, 3.8) is 0 Å². The van der Waals surface area contributed by atoms with E-state index in [1.807, 2.05) is 0 Å². The van der Waals surface area contributed by atoms with Crippen LogP contribution in [0.4, 0.5) is 0 Å². The van der Waals surface area contributed by atoms with Gasteiger partial charge in [-0.15, -0.1) is 0 Å². The summed E-state index contributed by atoms with van der Waals surface area (Å²) >= 11 is 0. The molecule has 0 aromatic heterocycles. The predicted molar refractivity (Wildman–Crippen MR) is 111 cm³/mol. The molecule has 9 nitrogen and oxygen atoms in total. The normalized spacial score (nSPS) is 13.5. The third kappa shape index (κ3) is 8.01. The van der Waals surface area contributed by atoms with Gasteiger partial charge in [-0.05, 0) is 24.6 Å². The first-order valence-corrected chi connectivity index (χ1v) is 10.2. The van der Waals surface area contributed by atoms with Crippen LogP contribution in [0.3, 0.4) is 0 Å². The predicted octanol–water partition coefficient (Wildman–Crippen LogP) is 2.46. The number of hydrogen-bond donors (Lipinski definition) is 1. The molecule has 0 saturated heterocycles. The fourth-order valence-corrected chi connectivity index (χ4v) is 2.87. The molecule has 0 spiro atoms. The number of methoxy groups -OCH3 is 1. The first kappa shape index (κ1) is 26.1. The second kappa shape index (κ2) is 12.0. The second-order valence-corrected chi connectivity index (χ2v) is 7.12. The van der Waals surface area contributed by atoms with Crippen molar-refractivity contribution in [2.75, 3.05) is 7.11 Å². The maximum Gasteiger partial charge on any atom is 0.326 e. The van der Waals surface area contributed by atoms with E-state index in [0.29, 0.717) is 5.56 Å². The topological polar surface area (TPSA) is 131 Å². The molecule has 0 fully saturated rings. The molecule has 31 heavy (non-hydrogen) atoms. The van der Waals surface area contributed by atoms with Gasteiger partial charge in [-0.25, -0.2) is 0 Å². The summed E-state index contributed by atoms with van der Waals surface area (Å²) in [6.07, 6.45) is -0.141. The number of esters is 4. The summed E-state index contributed by atoms with van der Waals surface area (Å²) in [4.78, 5) is 47.5. The van der Waals surface area contributed by atoms with E-state index in [0.717, 1.165) is 0 Å². The third-order valence-electron chi connectivity index (χ3n) is 4.42. The van der Waals surface area contributed by atoms with Crippen LogP contribution in [0.5, 0.6) is 11.5 Å². The van der Waals surface area contributed by atoms with Crippen molar-refractivity contribution < 1.29 is 38.1 Å². The van der Waals surface area contributed by atoms with Crippen molar-refractivity contribution in [3.8, 4) is 11.5 Å². The average Bonchev–Trinajstić information content (AvgIpc) is 2.74. The lowest BCUT2D eigenvalue weighted by molar-refractivity contribution is -0.154. The van der Waals surface area contributed by atoms with Gasteiger partial charge in [0.05, 0.1) is 7.11 Å². The maximum atomic E-state index is 12.4. The molecule has 0 aliphatic carbocycles. The molecule has 1 aromatic rings. The zero-order chi connectivity index (χ0) is 23.6. The molecule has 172 valence electrons. The summed E-state index contributed by atoms with van der Waals surface area (Å²) in [5, 5.41) is 0. The first-order chi connectivity index (χ1) is 14.6. The van der Waals surface area contributed by atoms with Crippen LogP contribution in [0.1, 0.15) is 58.9 Å². The fourth-order valence-electron chi connectivity index (χ4n) is 2.87. The number of rotatable bonds is 11. The highest BCUT2D eigenvalue weighted by atomic mass is 16.6. The van der Waals surface area contributed by atoms with Crippen LogP contribution in [-0.4, -0.2) is 42.6 Å². The summed E-state index contributed by atoms with van der Waals surface area (Å²) in [5.41, 5.74) is 5.40. The number of ether oxygens (including phenoxy) is 4. The molecule has 0 aliphatic rings. The Balaban J connectivity index is 3.21. The van der Waals surface area contributed by atoms with E-state index in [2.05, 4.69) is 0 Å². The van der Waals surface area contributed by atoms with Gasteiger partial charge in [0, 0.05) is 32.1 Å². The van der Waals surface area contributed by atoms with Crippen LogP contribution in [0.15, 0.2) is 18.2 Å². The van der Waals surface area contributed by atoms with Gasteiger partial charge >= 0.3 is 23.9 Å². The van der Waals surface area contributed by atoms with Gasteiger partial charge in [0.15, 0.2) is 11.5 Å². The SMILES string of the molecule is CCC(=O)Oc1ccc(C[C@](N)(CC(C)OC(=O)CC)C(=O)OC)cc1OC(=O)CC. The highest BCUT2D eigenvalue weighted by Crippen LogP contribution is 2.31. The third-order valence-corrected chi connectivity index (χ3v) is 4.42. The van der Waals surface area contributed by atoms with Crippen molar-refractivity contribution in [1.29, 1.82) is 0 Å². The molecule has 0 aliphatic heterocycles. The van der Waals surface area contributed by atoms with Crippen LogP contribution in [0, 0.1) is 0 Å². The van der Waals surface area contributed by atoms with E-state index >= 15 is 0 Å². The van der Waals surface area contributed by atoms with Crippen molar-refractivity contribution in [3.05, 3.63) is 23.8 Å². The van der Waals surface area contributed by atoms with Crippen LogP contribution in [0.25, 0.3) is 0 Å². The minimum atomic E-state index is -1.50. The maximum absolute atomic E-state index is 12.4. The molecule has 2 atom stereocenters. The number of nitrogens with two attached hydrogens (primary N) is 1. The molecule has 1 unspecified atom stereocenters. The smallest absolute Gasteiger partial charge is 0.326 e. The summed E-state index contributed by atoms with van der Waals surface area (Å²) in [7, 11) is 1.22. The molecule has 0 heterocycles. The summed E-state index contributed by atoms with van der Waals surface area (Å²) in [6.45, 7) is 6.57. The summed E-state index contributed by atoms with van der Waals surface area (Å²) in [5.74, 6) is -1.96. The van der Waals surface area contributed by atoms with Crippen molar-refractivity contribution in [2.45, 2.75) is 71.4 Å². The van der Waals surface area contributed by atoms with Gasteiger partial charge in [-0.1, -0.05) is 26.8 Å². The minimum Gasteiger partial charge on any atom is -0.468 e. The Morgan fingerprint density at radius 3 is 2.00 bits per heavy atom. The molecular formula is C22H31NO8. The van der Waals surface area contributed by atoms with Gasteiger partial charge in [0.25, 0.3) is 0 Å². The van der Waals surface area contributed by atoms with Crippen LogP contribution >= 0.6 is 0 Å².